The Hall–Kier alpha value is -4.10. The Balaban J connectivity index is 1.54. The van der Waals surface area contributed by atoms with Gasteiger partial charge in [-0.3, -0.25) is 4.79 Å². The zero-order valence-electron chi connectivity index (χ0n) is 20.1. The van der Waals surface area contributed by atoms with Crippen molar-refractivity contribution in [3.8, 4) is 16.9 Å². The highest BCUT2D eigenvalue weighted by atomic mass is 32.2. The number of aromatic nitrogens is 3. The molecule has 0 saturated carbocycles. The number of carbonyl (C=O) groups excluding carboxylic acids is 1. The summed E-state index contributed by atoms with van der Waals surface area (Å²) in [6.45, 7) is 4.02. The van der Waals surface area contributed by atoms with Crippen LogP contribution in [-0.4, -0.2) is 31.4 Å². The fourth-order valence-electron chi connectivity index (χ4n) is 4.24. The van der Waals surface area contributed by atoms with Crippen molar-refractivity contribution in [1.29, 1.82) is 0 Å². The normalized spacial score (nSPS) is 11.1. The van der Waals surface area contributed by atoms with Crippen LogP contribution in [0.5, 0.6) is 5.75 Å². The lowest BCUT2D eigenvalue weighted by Gasteiger charge is -2.15. The standard InChI is InChI=1S/C29H26N4O2S/c1-19-25(17-21-9-5-3-6-10-21)29(36-18-26(35)31-23-13-15-24(34)16-14-23)33-28(30-19)27(20(2)32-33)22-11-7-4-8-12-22/h3-16,34H,17-18H2,1-2H3,(H,31,35). The number of rotatable bonds is 7. The summed E-state index contributed by atoms with van der Waals surface area (Å²) in [5.41, 5.74) is 7.52. The molecule has 2 heterocycles. The number of thioether (sulfide) groups is 1. The first-order chi connectivity index (χ1) is 17.5. The minimum absolute atomic E-state index is 0.133. The summed E-state index contributed by atoms with van der Waals surface area (Å²) in [7, 11) is 0. The SMILES string of the molecule is Cc1nc2c(-c3ccccc3)c(C)nn2c(SCC(=O)Nc2ccc(O)cc2)c1Cc1ccccc1. The number of carbonyl (C=O) groups is 1. The molecule has 5 aromatic rings. The third-order valence-corrected chi connectivity index (χ3v) is 7.07. The van der Waals surface area contributed by atoms with E-state index in [0.29, 0.717) is 12.1 Å². The molecular formula is C29H26N4O2S. The second kappa shape index (κ2) is 10.3. The number of benzene rings is 3. The Labute approximate surface area is 214 Å². The average Bonchev–Trinajstić information content (AvgIpc) is 3.21. The fraction of sp³-hybridized carbons (Fsp3) is 0.138. The molecule has 0 unspecified atom stereocenters. The van der Waals surface area contributed by atoms with Gasteiger partial charge in [-0.05, 0) is 49.2 Å². The third kappa shape index (κ3) is 4.97. The van der Waals surface area contributed by atoms with Gasteiger partial charge in [0.1, 0.15) is 10.8 Å². The van der Waals surface area contributed by atoms with E-state index in [1.807, 2.05) is 54.8 Å². The van der Waals surface area contributed by atoms with E-state index in [1.165, 1.54) is 17.3 Å². The molecule has 36 heavy (non-hydrogen) atoms. The van der Waals surface area contributed by atoms with Crippen LogP contribution >= 0.6 is 11.8 Å². The van der Waals surface area contributed by atoms with Crippen molar-refractivity contribution in [2.45, 2.75) is 25.3 Å². The molecule has 2 N–H and O–H groups in total. The number of nitrogens with one attached hydrogen (secondary N) is 1. The van der Waals surface area contributed by atoms with Gasteiger partial charge in [-0.1, -0.05) is 72.4 Å². The Bertz CT molecular complexity index is 1510. The van der Waals surface area contributed by atoms with E-state index in [1.54, 1.807) is 24.3 Å². The molecule has 0 radical (unpaired) electrons. The maximum atomic E-state index is 12.8. The van der Waals surface area contributed by atoms with Crippen molar-refractivity contribution in [2.24, 2.45) is 0 Å². The first-order valence-corrected chi connectivity index (χ1v) is 12.7. The van der Waals surface area contributed by atoms with E-state index in [0.717, 1.165) is 38.8 Å². The van der Waals surface area contributed by atoms with E-state index in [4.69, 9.17) is 10.1 Å². The summed E-state index contributed by atoms with van der Waals surface area (Å²) < 4.78 is 1.89. The highest BCUT2D eigenvalue weighted by Gasteiger charge is 2.21. The van der Waals surface area contributed by atoms with Crippen molar-refractivity contribution >= 4 is 29.0 Å². The van der Waals surface area contributed by atoms with Gasteiger partial charge in [-0.2, -0.15) is 5.10 Å². The monoisotopic (exact) mass is 494 g/mol. The molecule has 3 aromatic carbocycles. The zero-order chi connectivity index (χ0) is 25.1. The van der Waals surface area contributed by atoms with Gasteiger partial charge in [-0.25, -0.2) is 9.50 Å². The molecular weight excluding hydrogens is 468 g/mol. The van der Waals surface area contributed by atoms with E-state index in [2.05, 4.69) is 29.6 Å². The number of hydrogen-bond acceptors (Lipinski definition) is 5. The second-order valence-corrected chi connectivity index (χ2v) is 9.55. The summed E-state index contributed by atoms with van der Waals surface area (Å²) in [5, 5.41) is 18.2. The molecule has 180 valence electrons. The molecule has 0 bridgehead atoms. The maximum Gasteiger partial charge on any atom is 0.234 e. The van der Waals surface area contributed by atoms with Crippen molar-refractivity contribution in [1.82, 2.24) is 14.6 Å². The molecule has 2 aromatic heterocycles. The van der Waals surface area contributed by atoms with E-state index >= 15 is 0 Å². The van der Waals surface area contributed by atoms with Crippen LogP contribution in [0, 0.1) is 13.8 Å². The number of phenolic OH excluding ortho intramolecular Hbond substituents is 1. The molecule has 6 nitrogen and oxygen atoms in total. The number of hydrogen-bond donors (Lipinski definition) is 2. The zero-order valence-corrected chi connectivity index (χ0v) is 20.9. The number of phenols is 1. The van der Waals surface area contributed by atoms with Gasteiger partial charge in [0, 0.05) is 28.9 Å². The van der Waals surface area contributed by atoms with Gasteiger partial charge in [0.15, 0.2) is 5.65 Å². The molecule has 0 saturated heterocycles. The Kier molecular flexibility index (Phi) is 6.73. The van der Waals surface area contributed by atoms with Crippen LogP contribution in [0.15, 0.2) is 90.0 Å². The second-order valence-electron chi connectivity index (χ2n) is 8.59. The van der Waals surface area contributed by atoms with E-state index in [9.17, 15) is 9.90 Å². The average molecular weight is 495 g/mol. The van der Waals surface area contributed by atoms with Crippen LogP contribution in [0.1, 0.15) is 22.5 Å². The van der Waals surface area contributed by atoms with Crippen LogP contribution in [0.4, 0.5) is 5.69 Å². The predicted molar refractivity (Wildman–Crippen MR) is 145 cm³/mol. The lowest BCUT2D eigenvalue weighted by atomic mass is 10.0. The van der Waals surface area contributed by atoms with Gasteiger partial charge in [0.25, 0.3) is 0 Å². The number of aryl methyl sites for hydroxylation is 2. The topological polar surface area (TPSA) is 79.5 Å². The summed E-state index contributed by atoms with van der Waals surface area (Å²) >= 11 is 1.46. The van der Waals surface area contributed by atoms with E-state index in [-0.39, 0.29) is 17.4 Å². The molecule has 0 atom stereocenters. The molecule has 0 fully saturated rings. The van der Waals surface area contributed by atoms with Gasteiger partial charge in [0.05, 0.1) is 11.4 Å². The van der Waals surface area contributed by atoms with Crippen molar-refractivity contribution in [3.05, 3.63) is 107 Å². The van der Waals surface area contributed by atoms with Crippen LogP contribution in [0.2, 0.25) is 0 Å². The molecule has 1 amide bonds. The predicted octanol–water partition coefficient (Wildman–Crippen LogP) is 6.04. The van der Waals surface area contributed by atoms with Crippen LogP contribution in [0.25, 0.3) is 16.8 Å². The van der Waals surface area contributed by atoms with Crippen molar-refractivity contribution < 1.29 is 9.90 Å². The van der Waals surface area contributed by atoms with Gasteiger partial charge in [0.2, 0.25) is 5.91 Å². The van der Waals surface area contributed by atoms with Crippen molar-refractivity contribution in [3.63, 3.8) is 0 Å². The molecule has 7 heteroatoms. The highest BCUT2D eigenvalue weighted by molar-refractivity contribution is 8.00. The number of aromatic hydroxyl groups is 1. The lowest BCUT2D eigenvalue weighted by Crippen LogP contribution is -2.15. The molecule has 0 aliphatic carbocycles. The van der Waals surface area contributed by atoms with Gasteiger partial charge >= 0.3 is 0 Å². The molecule has 0 aliphatic heterocycles. The Morgan fingerprint density at radius 2 is 1.58 bits per heavy atom. The Morgan fingerprint density at radius 3 is 2.28 bits per heavy atom. The lowest BCUT2D eigenvalue weighted by molar-refractivity contribution is -0.113. The van der Waals surface area contributed by atoms with Gasteiger partial charge < -0.3 is 10.4 Å². The smallest absolute Gasteiger partial charge is 0.234 e. The summed E-state index contributed by atoms with van der Waals surface area (Å²) in [6.07, 6.45) is 0.692. The molecule has 0 aliphatic rings. The van der Waals surface area contributed by atoms with E-state index < -0.39 is 0 Å². The van der Waals surface area contributed by atoms with Gasteiger partial charge in [-0.15, -0.1) is 0 Å². The number of amides is 1. The number of nitrogens with zero attached hydrogens (tertiary/aromatic N) is 3. The first kappa shape index (κ1) is 23.6. The van der Waals surface area contributed by atoms with Crippen molar-refractivity contribution in [2.75, 3.05) is 11.1 Å². The number of fused-ring (bicyclic) bond motifs is 1. The largest absolute Gasteiger partial charge is 0.508 e. The van der Waals surface area contributed by atoms with Crippen LogP contribution in [-0.2, 0) is 11.2 Å². The quantitative estimate of drug-likeness (QED) is 0.164. The highest BCUT2D eigenvalue weighted by Crippen LogP contribution is 2.34. The summed E-state index contributed by atoms with van der Waals surface area (Å²) in [5.74, 6) is 0.234. The Morgan fingerprint density at radius 1 is 0.917 bits per heavy atom. The van der Waals surface area contributed by atoms with Crippen LogP contribution < -0.4 is 5.32 Å². The van der Waals surface area contributed by atoms with Crippen LogP contribution in [0.3, 0.4) is 0 Å². The fourth-order valence-corrected chi connectivity index (χ4v) is 5.22. The third-order valence-electron chi connectivity index (χ3n) is 5.97. The summed E-state index contributed by atoms with van der Waals surface area (Å²) in [6, 6.07) is 26.9. The minimum atomic E-state index is -0.133. The summed E-state index contributed by atoms with van der Waals surface area (Å²) in [4.78, 5) is 17.8. The minimum Gasteiger partial charge on any atom is -0.508 e. The molecule has 0 spiro atoms. The number of anilines is 1. The molecule has 5 rings (SSSR count). The maximum absolute atomic E-state index is 12.8. The first-order valence-electron chi connectivity index (χ1n) is 11.7.